The first-order valence-electron chi connectivity index (χ1n) is 2.92. The lowest BCUT2D eigenvalue weighted by molar-refractivity contribution is 0.198. The van der Waals surface area contributed by atoms with Gasteiger partial charge >= 0.3 is 0 Å². The number of nitrogens with one attached hydrogen (secondary N) is 1. The zero-order valence-electron chi connectivity index (χ0n) is 5.20. The van der Waals surface area contributed by atoms with E-state index in [2.05, 4.69) is 4.98 Å². The van der Waals surface area contributed by atoms with Gasteiger partial charge in [0, 0.05) is 11.6 Å². The summed E-state index contributed by atoms with van der Waals surface area (Å²) >= 11 is 0. The van der Waals surface area contributed by atoms with E-state index in [1.165, 1.54) is 6.20 Å². The van der Waals surface area contributed by atoms with Crippen molar-refractivity contribution in [2.24, 2.45) is 0 Å². The quantitative estimate of drug-likeness (QED) is 0.470. The first-order chi connectivity index (χ1) is 4.79. The number of rotatable bonds is 0. The van der Waals surface area contributed by atoms with Crippen molar-refractivity contribution in [3.8, 4) is 0 Å². The molecule has 4 N–H and O–H groups in total. The maximum atomic E-state index is 9.09. The van der Waals surface area contributed by atoms with Crippen molar-refractivity contribution < 1.29 is 5.21 Å². The molecule has 52 valence electrons. The van der Waals surface area contributed by atoms with Crippen LogP contribution in [0.25, 0.3) is 11.0 Å². The monoisotopic (exact) mass is 137 g/mol. The van der Waals surface area contributed by atoms with Crippen LogP contribution in [0.15, 0.2) is 18.5 Å². The number of nitrogen functional groups attached to an aromatic ring is 1. The smallest absolute Gasteiger partial charge is 0.155 e. The zero-order valence-corrected chi connectivity index (χ0v) is 5.20. The molecule has 0 saturated carbocycles. The van der Waals surface area contributed by atoms with E-state index in [0.29, 0.717) is 11.3 Å². The fraction of sp³-hybridized carbons (Fsp3) is 0. The Labute approximate surface area is 56.8 Å². The van der Waals surface area contributed by atoms with Crippen LogP contribution in [0.3, 0.4) is 0 Å². The van der Waals surface area contributed by atoms with E-state index >= 15 is 0 Å². The zero-order chi connectivity index (χ0) is 7.14. The first-order valence-corrected chi connectivity index (χ1v) is 2.92. The average Bonchev–Trinajstić information content (AvgIpc) is 2.39. The van der Waals surface area contributed by atoms with Crippen molar-refractivity contribution >= 4 is 16.7 Å². The van der Waals surface area contributed by atoms with E-state index < -0.39 is 0 Å². The van der Waals surface area contributed by atoms with E-state index in [-0.39, 0.29) is 0 Å². The number of H-pyrrole nitrogens is 1. The molecule has 2 heterocycles. The van der Waals surface area contributed by atoms with Crippen LogP contribution in [0.2, 0.25) is 0 Å². The maximum Gasteiger partial charge on any atom is 0.155 e. The molecule has 10 heavy (non-hydrogen) atoms. The third-order valence-electron chi connectivity index (χ3n) is 1.53. The highest BCUT2D eigenvalue weighted by Gasteiger charge is 2.03. The van der Waals surface area contributed by atoms with Crippen LogP contribution in [0.5, 0.6) is 0 Å². The fourth-order valence-corrected chi connectivity index (χ4v) is 1.05. The minimum absolute atomic E-state index is 0.582. The summed E-state index contributed by atoms with van der Waals surface area (Å²) in [7, 11) is 0. The summed E-state index contributed by atoms with van der Waals surface area (Å²) in [5, 5.41) is 9.94. The molecule has 0 bridgehead atoms. The molecule has 2 aromatic rings. The molecule has 0 amide bonds. The number of hydrogen-bond acceptors (Lipinski definition) is 2. The molecule has 2 rings (SSSR count). The molecule has 4 heteroatoms. The van der Waals surface area contributed by atoms with E-state index in [1.54, 1.807) is 6.20 Å². The number of nitrogens with two attached hydrogens (primary N) is 1. The normalized spacial score (nSPS) is 10.8. The SMILES string of the molecule is Nc1cn(O)c2[nH]ccc12. The summed E-state index contributed by atoms with van der Waals surface area (Å²) < 4.78 is 0.977. The highest BCUT2D eigenvalue weighted by Crippen LogP contribution is 2.19. The lowest BCUT2D eigenvalue weighted by atomic mass is 10.4. The molecule has 0 radical (unpaired) electrons. The highest BCUT2D eigenvalue weighted by molar-refractivity contribution is 5.89. The molecule has 4 nitrogen and oxygen atoms in total. The number of nitrogens with zero attached hydrogens (tertiary/aromatic N) is 1. The Kier molecular flexibility index (Phi) is 0.768. The van der Waals surface area contributed by atoms with Crippen LogP contribution in [0, 0.1) is 0 Å². The minimum Gasteiger partial charge on any atom is -0.427 e. The summed E-state index contributed by atoms with van der Waals surface area (Å²) in [6.45, 7) is 0. The Morgan fingerprint density at radius 1 is 1.60 bits per heavy atom. The van der Waals surface area contributed by atoms with Gasteiger partial charge < -0.3 is 15.9 Å². The Hall–Kier alpha value is -1.58. The summed E-state index contributed by atoms with van der Waals surface area (Å²) in [4.78, 5) is 2.84. The first kappa shape index (κ1) is 5.22. The predicted octanol–water partition coefficient (Wildman–Crippen LogP) is 0.789. The second-order valence-electron chi connectivity index (χ2n) is 2.17. The van der Waals surface area contributed by atoms with Gasteiger partial charge in [-0.3, -0.25) is 0 Å². The second kappa shape index (κ2) is 1.47. The van der Waals surface area contributed by atoms with Crippen molar-refractivity contribution in [3.63, 3.8) is 0 Å². The van der Waals surface area contributed by atoms with Gasteiger partial charge in [-0.25, -0.2) is 0 Å². The average molecular weight is 137 g/mol. The molecule has 0 aromatic carbocycles. The summed E-state index contributed by atoms with van der Waals surface area (Å²) in [6.07, 6.45) is 3.19. The van der Waals surface area contributed by atoms with Crippen LogP contribution in [-0.4, -0.2) is 14.9 Å². The second-order valence-corrected chi connectivity index (χ2v) is 2.17. The molecule has 0 aliphatic rings. The lowest BCUT2D eigenvalue weighted by Crippen LogP contribution is -1.86. The summed E-state index contributed by atoms with van der Waals surface area (Å²) in [5.41, 5.74) is 6.74. The van der Waals surface area contributed by atoms with E-state index in [4.69, 9.17) is 10.9 Å². The molecule has 0 aliphatic carbocycles. The Balaban J connectivity index is 2.98. The van der Waals surface area contributed by atoms with Crippen molar-refractivity contribution in [3.05, 3.63) is 18.5 Å². The van der Waals surface area contributed by atoms with Gasteiger partial charge in [-0.05, 0) is 6.07 Å². The molecule has 0 saturated heterocycles. The predicted molar refractivity (Wildman–Crippen MR) is 37.9 cm³/mol. The number of anilines is 1. The van der Waals surface area contributed by atoms with Crippen LogP contribution in [0.1, 0.15) is 0 Å². The Morgan fingerprint density at radius 2 is 2.40 bits per heavy atom. The van der Waals surface area contributed by atoms with Gasteiger partial charge in [0.1, 0.15) is 0 Å². The fourth-order valence-electron chi connectivity index (χ4n) is 1.05. The topological polar surface area (TPSA) is 67.0 Å². The number of hydrogen-bond donors (Lipinski definition) is 3. The van der Waals surface area contributed by atoms with Gasteiger partial charge in [0.25, 0.3) is 0 Å². The minimum atomic E-state index is 0.582. The van der Waals surface area contributed by atoms with Gasteiger partial charge in [-0.15, -0.1) is 0 Å². The van der Waals surface area contributed by atoms with Crippen molar-refractivity contribution in [1.82, 2.24) is 9.71 Å². The van der Waals surface area contributed by atoms with Gasteiger partial charge in [0.15, 0.2) is 5.65 Å². The summed E-state index contributed by atoms with van der Waals surface area (Å²) in [5.74, 6) is 0. The van der Waals surface area contributed by atoms with Gasteiger partial charge in [0.05, 0.1) is 11.9 Å². The molecule has 0 atom stereocenters. The molecular weight excluding hydrogens is 130 g/mol. The molecule has 0 fully saturated rings. The molecule has 2 aromatic heterocycles. The molecule has 0 aliphatic heterocycles. The molecule has 0 unspecified atom stereocenters. The van der Waals surface area contributed by atoms with Crippen molar-refractivity contribution in [1.29, 1.82) is 0 Å². The van der Waals surface area contributed by atoms with Gasteiger partial charge in [-0.1, -0.05) is 0 Å². The van der Waals surface area contributed by atoms with E-state index in [0.717, 1.165) is 10.1 Å². The third kappa shape index (κ3) is 0.452. The molecule has 0 spiro atoms. The highest BCUT2D eigenvalue weighted by atomic mass is 16.5. The van der Waals surface area contributed by atoms with Crippen LogP contribution in [-0.2, 0) is 0 Å². The largest absolute Gasteiger partial charge is 0.427 e. The molecular formula is C6H7N3O. The van der Waals surface area contributed by atoms with Crippen molar-refractivity contribution in [2.75, 3.05) is 5.73 Å². The standard InChI is InChI=1S/C6H7N3O/c7-5-3-9(10)6-4(5)1-2-8-6/h1-3,8,10H,7H2. The number of aromatic nitrogens is 2. The van der Waals surface area contributed by atoms with Crippen LogP contribution in [0.4, 0.5) is 5.69 Å². The third-order valence-corrected chi connectivity index (χ3v) is 1.53. The summed E-state index contributed by atoms with van der Waals surface area (Å²) in [6, 6.07) is 1.82. The number of aromatic amines is 1. The van der Waals surface area contributed by atoms with E-state index in [1.807, 2.05) is 6.07 Å². The number of fused-ring (bicyclic) bond motifs is 1. The van der Waals surface area contributed by atoms with Crippen LogP contribution < -0.4 is 5.73 Å². The maximum absolute atomic E-state index is 9.09. The Bertz CT molecular complexity index is 328. The van der Waals surface area contributed by atoms with Crippen LogP contribution >= 0.6 is 0 Å². The van der Waals surface area contributed by atoms with Gasteiger partial charge in [-0.2, -0.15) is 4.73 Å². The van der Waals surface area contributed by atoms with Gasteiger partial charge in [0.2, 0.25) is 0 Å². The van der Waals surface area contributed by atoms with E-state index in [9.17, 15) is 0 Å². The Morgan fingerprint density at radius 3 is 3.10 bits per heavy atom. The lowest BCUT2D eigenvalue weighted by Gasteiger charge is -1.85. The van der Waals surface area contributed by atoms with Crippen molar-refractivity contribution in [2.45, 2.75) is 0 Å².